The summed E-state index contributed by atoms with van der Waals surface area (Å²) in [5.41, 5.74) is 7.23. The van der Waals surface area contributed by atoms with Crippen LogP contribution in [0.5, 0.6) is 0 Å². The third-order valence-corrected chi connectivity index (χ3v) is 2.33. The van der Waals surface area contributed by atoms with Crippen molar-refractivity contribution >= 4 is 17.6 Å². The second-order valence-corrected chi connectivity index (χ2v) is 3.65. The number of benzene rings is 1. The molecule has 76 valence electrons. The minimum atomic E-state index is -1.01. The van der Waals surface area contributed by atoms with Crippen LogP contribution in [0.15, 0.2) is 18.2 Å². The zero-order chi connectivity index (χ0) is 10.7. The molecule has 0 spiro atoms. The lowest BCUT2D eigenvalue weighted by atomic mass is 10.0. The van der Waals surface area contributed by atoms with Crippen LogP contribution >= 0.6 is 11.6 Å². The highest BCUT2D eigenvalue weighted by Crippen LogP contribution is 2.18. The van der Waals surface area contributed by atoms with E-state index in [0.29, 0.717) is 5.02 Å². The number of hydrogen-bond donors (Lipinski definition) is 2. The summed E-state index contributed by atoms with van der Waals surface area (Å²) in [7, 11) is 0. The molecule has 0 aromatic heterocycles. The SMILES string of the molecule is Cc1ccc(Cl)c(C[C@@H](N)C(=O)O)c1. The number of carbonyl (C=O) groups is 1. The van der Waals surface area contributed by atoms with Crippen LogP contribution in [0.4, 0.5) is 0 Å². The normalized spacial score (nSPS) is 12.5. The molecule has 0 heterocycles. The molecular weight excluding hydrogens is 202 g/mol. The Morgan fingerprint density at radius 2 is 2.29 bits per heavy atom. The van der Waals surface area contributed by atoms with Crippen molar-refractivity contribution < 1.29 is 9.90 Å². The maximum Gasteiger partial charge on any atom is 0.320 e. The third kappa shape index (κ3) is 2.72. The van der Waals surface area contributed by atoms with Gasteiger partial charge in [0, 0.05) is 5.02 Å². The van der Waals surface area contributed by atoms with Crippen molar-refractivity contribution in [3.05, 3.63) is 34.3 Å². The molecule has 3 nitrogen and oxygen atoms in total. The number of aryl methyl sites for hydroxylation is 1. The Kier molecular flexibility index (Phi) is 3.49. The molecule has 0 aliphatic rings. The van der Waals surface area contributed by atoms with E-state index in [1.807, 2.05) is 19.1 Å². The van der Waals surface area contributed by atoms with Gasteiger partial charge in [-0.2, -0.15) is 0 Å². The Bertz CT molecular complexity index is 352. The van der Waals surface area contributed by atoms with Crippen LogP contribution in [0.2, 0.25) is 5.02 Å². The minimum absolute atomic E-state index is 0.260. The highest BCUT2D eigenvalue weighted by atomic mass is 35.5. The van der Waals surface area contributed by atoms with Crippen molar-refractivity contribution in [2.75, 3.05) is 0 Å². The van der Waals surface area contributed by atoms with E-state index in [-0.39, 0.29) is 6.42 Å². The molecule has 0 saturated carbocycles. The van der Waals surface area contributed by atoms with Crippen LogP contribution < -0.4 is 5.73 Å². The van der Waals surface area contributed by atoms with Crippen molar-refractivity contribution in [2.24, 2.45) is 5.73 Å². The Morgan fingerprint density at radius 3 is 2.86 bits per heavy atom. The van der Waals surface area contributed by atoms with Crippen LogP contribution in [-0.4, -0.2) is 17.1 Å². The first-order valence-corrected chi connectivity index (χ1v) is 4.62. The zero-order valence-corrected chi connectivity index (χ0v) is 8.58. The van der Waals surface area contributed by atoms with Gasteiger partial charge in [0.1, 0.15) is 6.04 Å². The quantitative estimate of drug-likeness (QED) is 0.802. The summed E-state index contributed by atoms with van der Waals surface area (Å²) in [4.78, 5) is 10.5. The lowest BCUT2D eigenvalue weighted by molar-refractivity contribution is -0.138. The van der Waals surface area contributed by atoms with Crippen molar-refractivity contribution in [2.45, 2.75) is 19.4 Å². The first-order valence-electron chi connectivity index (χ1n) is 4.24. The molecule has 3 N–H and O–H groups in total. The Labute approximate surface area is 87.5 Å². The molecule has 0 saturated heterocycles. The molecule has 4 heteroatoms. The largest absolute Gasteiger partial charge is 0.480 e. The number of aliphatic carboxylic acids is 1. The molecule has 1 atom stereocenters. The summed E-state index contributed by atoms with van der Waals surface area (Å²) in [6.45, 7) is 1.92. The minimum Gasteiger partial charge on any atom is -0.480 e. The fourth-order valence-electron chi connectivity index (χ4n) is 1.18. The van der Waals surface area contributed by atoms with Gasteiger partial charge in [0.25, 0.3) is 0 Å². The number of carboxylic acids is 1. The highest BCUT2D eigenvalue weighted by Gasteiger charge is 2.13. The predicted octanol–water partition coefficient (Wildman–Crippen LogP) is 1.60. The first kappa shape index (κ1) is 11.0. The van der Waals surface area contributed by atoms with E-state index in [2.05, 4.69) is 0 Å². The lowest BCUT2D eigenvalue weighted by Gasteiger charge is -2.08. The molecule has 0 bridgehead atoms. The van der Waals surface area contributed by atoms with E-state index < -0.39 is 12.0 Å². The van der Waals surface area contributed by atoms with Crippen LogP contribution in [-0.2, 0) is 11.2 Å². The number of hydrogen-bond acceptors (Lipinski definition) is 2. The number of nitrogens with two attached hydrogens (primary N) is 1. The van der Waals surface area contributed by atoms with E-state index in [4.69, 9.17) is 22.4 Å². The molecule has 1 rings (SSSR count). The van der Waals surface area contributed by atoms with Gasteiger partial charge < -0.3 is 10.8 Å². The molecule has 0 amide bonds. The summed E-state index contributed by atoms with van der Waals surface area (Å²) in [5, 5.41) is 9.20. The second-order valence-electron chi connectivity index (χ2n) is 3.24. The molecule has 1 aromatic rings. The molecule has 0 aliphatic carbocycles. The molecule has 1 aromatic carbocycles. The molecule has 0 fully saturated rings. The number of rotatable bonds is 3. The maximum absolute atomic E-state index is 10.5. The van der Waals surface area contributed by atoms with Gasteiger partial charge in [-0.05, 0) is 25.0 Å². The van der Waals surface area contributed by atoms with Gasteiger partial charge in [0.05, 0.1) is 0 Å². The summed E-state index contributed by atoms with van der Waals surface area (Å²) in [6, 6.07) is 4.58. The van der Waals surface area contributed by atoms with Gasteiger partial charge in [-0.1, -0.05) is 29.3 Å². The average Bonchev–Trinajstić information content (AvgIpc) is 2.11. The molecule has 0 radical (unpaired) electrons. The van der Waals surface area contributed by atoms with Gasteiger partial charge in [-0.3, -0.25) is 4.79 Å². The molecule has 0 unspecified atom stereocenters. The molecule has 0 aliphatic heterocycles. The van der Waals surface area contributed by atoms with Gasteiger partial charge in [0.2, 0.25) is 0 Å². The van der Waals surface area contributed by atoms with Crippen LogP contribution in [0.1, 0.15) is 11.1 Å². The number of halogens is 1. The lowest BCUT2D eigenvalue weighted by Crippen LogP contribution is -2.32. The van der Waals surface area contributed by atoms with E-state index in [1.54, 1.807) is 6.07 Å². The smallest absolute Gasteiger partial charge is 0.320 e. The van der Waals surface area contributed by atoms with Crippen LogP contribution in [0.25, 0.3) is 0 Å². The predicted molar refractivity (Wildman–Crippen MR) is 55.5 cm³/mol. The Morgan fingerprint density at radius 1 is 1.64 bits per heavy atom. The van der Waals surface area contributed by atoms with Gasteiger partial charge in [-0.25, -0.2) is 0 Å². The fraction of sp³-hybridized carbons (Fsp3) is 0.300. The van der Waals surface area contributed by atoms with Gasteiger partial charge in [0.15, 0.2) is 0 Å². The monoisotopic (exact) mass is 213 g/mol. The summed E-state index contributed by atoms with van der Waals surface area (Å²) in [6.07, 6.45) is 0.260. The number of carboxylic acid groups (broad SMARTS) is 1. The van der Waals surface area contributed by atoms with Crippen molar-refractivity contribution in [3.63, 3.8) is 0 Å². The standard InChI is InChI=1S/C10H12ClNO2/c1-6-2-3-8(11)7(4-6)5-9(12)10(13)14/h2-4,9H,5,12H2,1H3,(H,13,14)/t9-/m1/s1. The summed E-state index contributed by atoms with van der Waals surface area (Å²) < 4.78 is 0. The van der Waals surface area contributed by atoms with Gasteiger partial charge >= 0.3 is 5.97 Å². The first-order chi connectivity index (χ1) is 6.50. The zero-order valence-electron chi connectivity index (χ0n) is 7.83. The van der Waals surface area contributed by atoms with Crippen LogP contribution in [0.3, 0.4) is 0 Å². The van der Waals surface area contributed by atoms with Gasteiger partial charge in [-0.15, -0.1) is 0 Å². The summed E-state index contributed by atoms with van der Waals surface area (Å²) >= 11 is 5.90. The van der Waals surface area contributed by atoms with E-state index in [0.717, 1.165) is 11.1 Å². The second kappa shape index (κ2) is 4.44. The highest BCUT2D eigenvalue weighted by molar-refractivity contribution is 6.31. The van der Waals surface area contributed by atoms with Crippen molar-refractivity contribution in [1.82, 2.24) is 0 Å². The topological polar surface area (TPSA) is 63.3 Å². The fourth-order valence-corrected chi connectivity index (χ4v) is 1.38. The molecular formula is C10H12ClNO2. The van der Waals surface area contributed by atoms with Crippen molar-refractivity contribution in [1.29, 1.82) is 0 Å². The van der Waals surface area contributed by atoms with E-state index >= 15 is 0 Å². The average molecular weight is 214 g/mol. The van der Waals surface area contributed by atoms with Crippen molar-refractivity contribution in [3.8, 4) is 0 Å². The Balaban J connectivity index is 2.85. The van der Waals surface area contributed by atoms with E-state index in [9.17, 15) is 4.79 Å². The summed E-state index contributed by atoms with van der Waals surface area (Å²) in [5.74, 6) is -1.01. The van der Waals surface area contributed by atoms with Crippen LogP contribution in [0, 0.1) is 6.92 Å². The molecule has 14 heavy (non-hydrogen) atoms. The van der Waals surface area contributed by atoms with E-state index in [1.165, 1.54) is 0 Å². The maximum atomic E-state index is 10.5. The third-order valence-electron chi connectivity index (χ3n) is 1.96. The Hall–Kier alpha value is -1.06.